The van der Waals surface area contributed by atoms with Crippen LogP contribution < -0.4 is 0 Å². The van der Waals surface area contributed by atoms with Crippen molar-refractivity contribution in [2.75, 3.05) is 6.61 Å². The third-order valence-electron chi connectivity index (χ3n) is 2.59. The monoisotopic (exact) mass is 222 g/mol. The molecule has 1 rings (SSSR count). The minimum atomic E-state index is -0.266. The summed E-state index contributed by atoms with van der Waals surface area (Å²) in [4.78, 5) is 11.6. The molecule has 88 valence electrons. The molecule has 0 amide bonds. The SMILES string of the molecule is CCOC(=O)/C(C)=C(/C)c1cc(C)oc1C. The molecule has 0 aromatic carbocycles. The quantitative estimate of drug-likeness (QED) is 0.582. The van der Waals surface area contributed by atoms with Crippen LogP contribution in [0.3, 0.4) is 0 Å². The van der Waals surface area contributed by atoms with Crippen LogP contribution in [0.15, 0.2) is 16.1 Å². The van der Waals surface area contributed by atoms with Crippen LogP contribution in [0.2, 0.25) is 0 Å². The molecule has 0 bridgehead atoms. The highest BCUT2D eigenvalue weighted by Gasteiger charge is 2.13. The first-order valence-corrected chi connectivity index (χ1v) is 5.39. The first kappa shape index (κ1) is 12.6. The summed E-state index contributed by atoms with van der Waals surface area (Å²) in [6.45, 7) is 9.66. The van der Waals surface area contributed by atoms with Gasteiger partial charge in [-0.25, -0.2) is 4.79 Å². The van der Waals surface area contributed by atoms with E-state index < -0.39 is 0 Å². The van der Waals surface area contributed by atoms with Crippen molar-refractivity contribution in [2.45, 2.75) is 34.6 Å². The summed E-state index contributed by atoms with van der Waals surface area (Å²) in [6, 6.07) is 1.94. The highest BCUT2D eigenvalue weighted by atomic mass is 16.5. The average molecular weight is 222 g/mol. The zero-order valence-electron chi connectivity index (χ0n) is 10.5. The topological polar surface area (TPSA) is 39.4 Å². The molecule has 0 unspecified atom stereocenters. The number of carbonyl (C=O) groups is 1. The van der Waals surface area contributed by atoms with Crippen LogP contribution >= 0.6 is 0 Å². The second kappa shape index (κ2) is 5.01. The van der Waals surface area contributed by atoms with Gasteiger partial charge in [0.05, 0.1) is 6.61 Å². The Morgan fingerprint density at radius 1 is 1.38 bits per heavy atom. The zero-order chi connectivity index (χ0) is 12.3. The molecule has 0 spiro atoms. The fourth-order valence-electron chi connectivity index (χ4n) is 1.60. The molecule has 0 aliphatic carbocycles. The van der Waals surface area contributed by atoms with Gasteiger partial charge < -0.3 is 9.15 Å². The van der Waals surface area contributed by atoms with E-state index in [2.05, 4.69) is 0 Å². The number of ether oxygens (including phenoxy) is 1. The Hall–Kier alpha value is -1.51. The molecule has 0 atom stereocenters. The summed E-state index contributed by atoms with van der Waals surface area (Å²) in [5, 5.41) is 0. The van der Waals surface area contributed by atoms with Crippen LogP contribution in [-0.4, -0.2) is 12.6 Å². The van der Waals surface area contributed by atoms with E-state index in [1.165, 1.54) is 0 Å². The highest BCUT2D eigenvalue weighted by Crippen LogP contribution is 2.25. The number of hydrogen-bond donors (Lipinski definition) is 0. The van der Waals surface area contributed by atoms with Gasteiger partial charge in [0, 0.05) is 11.1 Å². The lowest BCUT2D eigenvalue weighted by atomic mass is 10.0. The molecule has 1 aromatic heterocycles. The van der Waals surface area contributed by atoms with Crippen molar-refractivity contribution in [2.24, 2.45) is 0 Å². The van der Waals surface area contributed by atoms with Gasteiger partial charge in [-0.3, -0.25) is 0 Å². The van der Waals surface area contributed by atoms with E-state index in [-0.39, 0.29) is 5.97 Å². The van der Waals surface area contributed by atoms with Crippen LogP contribution in [0.4, 0.5) is 0 Å². The van der Waals surface area contributed by atoms with Gasteiger partial charge >= 0.3 is 5.97 Å². The molecule has 1 heterocycles. The molecular weight excluding hydrogens is 204 g/mol. The minimum absolute atomic E-state index is 0.266. The van der Waals surface area contributed by atoms with Crippen molar-refractivity contribution in [1.82, 2.24) is 0 Å². The van der Waals surface area contributed by atoms with Crippen molar-refractivity contribution >= 4 is 11.5 Å². The molecule has 1 aromatic rings. The largest absolute Gasteiger partial charge is 0.466 e. The van der Waals surface area contributed by atoms with Gasteiger partial charge in [-0.2, -0.15) is 0 Å². The second-order valence-corrected chi connectivity index (χ2v) is 3.80. The maximum Gasteiger partial charge on any atom is 0.333 e. The van der Waals surface area contributed by atoms with Crippen molar-refractivity contribution in [3.05, 3.63) is 28.7 Å². The van der Waals surface area contributed by atoms with E-state index in [9.17, 15) is 4.79 Å². The average Bonchev–Trinajstić information content (AvgIpc) is 2.56. The third-order valence-corrected chi connectivity index (χ3v) is 2.59. The third kappa shape index (κ3) is 2.54. The first-order valence-electron chi connectivity index (χ1n) is 5.39. The number of carbonyl (C=O) groups excluding carboxylic acids is 1. The molecule has 0 radical (unpaired) electrons. The second-order valence-electron chi connectivity index (χ2n) is 3.80. The number of rotatable bonds is 3. The summed E-state index contributed by atoms with van der Waals surface area (Å²) < 4.78 is 10.4. The number of hydrogen-bond acceptors (Lipinski definition) is 3. The summed E-state index contributed by atoms with van der Waals surface area (Å²) in [6.07, 6.45) is 0. The van der Waals surface area contributed by atoms with E-state index in [0.29, 0.717) is 12.2 Å². The smallest absolute Gasteiger partial charge is 0.333 e. The van der Waals surface area contributed by atoms with E-state index in [4.69, 9.17) is 9.15 Å². The van der Waals surface area contributed by atoms with Crippen LogP contribution in [0.5, 0.6) is 0 Å². The summed E-state index contributed by atoms with van der Waals surface area (Å²) >= 11 is 0. The molecule has 16 heavy (non-hydrogen) atoms. The van der Waals surface area contributed by atoms with Crippen LogP contribution in [-0.2, 0) is 9.53 Å². The summed E-state index contributed by atoms with van der Waals surface area (Å²) in [7, 11) is 0. The molecule has 0 N–H and O–H groups in total. The Kier molecular flexibility index (Phi) is 3.93. The molecule has 0 saturated heterocycles. The zero-order valence-corrected chi connectivity index (χ0v) is 10.5. The van der Waals surface area contributed by atoms with Gasteiger partial charge in [-0.15, -0.1) is 0 Å². The Morgan fingerprint density at radius 2 is 2.00 bits per heavy atom. The Balaban J connectivity index is 3.08. The van der Waals surface area contributed by atoms with Crippen LogP contribution in [0.1, 0.15) is 37.9 Å². The minimum Gasteiger partial charge on any atom is -0.466 e. The van der Waals surface area contributed by atoms with Crippen molar-refractivity contribution in [1.29, 1.82) is 0 Å². The van der Waals surface area contributed by atoms with Gasteiger partial charge in [0.25, 0.3) is 0 Å². The molecule has 0 aliphatic rings. The molecule has 0 saturated carbocycles. The Bertz CT molecular complexity index is 424. The lowest BCUT2D eigenvalue weighted by Crippen LogP contribution is -2.06. The lowest BCUT2D eigenvalue weighted by Gasteiger charge is -2.06. The summed E-state index contributed by atoms with van der Waals surface area (Å²) in [5.74, 6) is 1.42. The molecule has 0 fully saturated rings. The molecule has 3 nitrogen and oxygen atoms in total. The maximum absolute atomic E-state index is 11.6. The van der Waals surface area contributed by atoms with Crippen molar-refractivity contribution in [3.63, 3.8) is 0 Å². The fourth-order valence-corrected chi connectivity index (χ4v) is 1.60. The number of esters is 1. The highest BCUT2D eigenvalue weighted by molar-refractivity contribution is 5.96. The molecule has 3 heteroatoms. The molecular formula is C13H18O3. The van der Waals surface area contributed by atoms with Crippen molar-refractivity contribution < 1.29 is 13.9 Å². The van der Waals surface area contributed by atoms with Gasteiger partial charge in [-0.05, 0) is 46.3 Å². The number of allylic oxidation sites excluding steroid dienone is 1. The first-order chi connectivity index (χ1) is 7.47. The lowest BCUT2D eigenvalue weighted by molar-refractivity contribution is -0.138. The van der Waals surface area contributed by atoms with Crippen LogP contribution in [0.25, 0.3) is 5.57 Å². The van der Waals surface area contributed by atoms with Gasteiger partial charge in [0.2, 0.25) is 0 Å². The number of aryl methyl sites for hydroxylation is 2. The fraction of sp³-hybridized carbons (Fsp3) is 0.462. The number of furan rings is 1. The van der Waals surface area contributed by atoms with Gasteiger partial charge in [0.15, 0.2) is 0 Å². The van der Waals surface area contributed by atoms with E-state index in [1.54, 1.807) is 13.8 Å². The predicted molar refractivity (Wildman–Crippen MR) is 63.1 cm³/mol. The van der Waals surface area contributed by atoms with Gasteiger partial charge in [0.1, 0.15) is 11.5 Å². The van der Waals surface area contributed by atoms with Crippen LogP contribution in [0, 0.1) is 13.8 Å². The summed E-state index contributed by atoms with van der Waals surface area (Å²) in [5.41, 5.74) is 2.52. The Labute approximate surface area is 96.1 Å². The maximum atomic E-state index is 11.6. The molecule has 0 aliphatic heterocycles. The van der Waals surface area contributed by atoms with Gasteiger partial charge in [-0.1, -0.05) is 0 Å². The van der Waals surface area contributed by atoms with E-state index >= 15 is 0 Å². The van der Waals surface area contributed by atoms with E-state index in [1.807, 2.05) is 26.8 Å². The Morgan fingerprint density at radius 3 is 2.44 bits per heavy atom. The van der Waals surface area contributed by atoms with Crippen molar-refractivity contribution in [3.8, 4) is 0 Å². The van der Waals surface area contributed by atoms with E-state index in [0.717, 1.165) is 22.7 Å². The predicted octanol–water partition coefficient (Wildman–Crippen LogP) is 3.25. The standard InChI is InChI=1S/C13H18O3/c1-6-15-13(14)10(4)9(3)12-7-8(2)16-11(12)5/h7H,6H2,1-5H3/b10-9-. The normalized spacial score (nSPS) is 12.3.